The van der Waals surface area contributed by atoms with E-state index < -0.39 is 6.61 Å². The van der Waals surface area contributed by atoms with E-state index in [-0.39, 0.29) is 17.4 Å². The van der Waals surface area contributed by atoms with Crippen LogP contribution in [0.1, 0.15) is 28.9 Å². The molecule has 2 aromatic heterocycles. The number of fused-ring (bicyclic) bond motifs is 1. The predicted molar refractivity (Wildman–Crippen MR) is 105 cm³/mol. The minimum absolute atomic E-state index is 0.0489. The number of benzene rings is 1. The summed E-state index contributed by atoms with van der Waals surface area (Å²) in [7, 11) is 3.06. The summed E-state index contributed by atoms with van der Waals surface area (Å²) in [6, 6.07) is 4.61. The molecule has 0 N–H and O–H groups in total. The zero-order chi connectivity index (χ0) is 21.8. The Hall–Kier alpha value is -3.30. The Morgan fingerprint density at radius 1 is 1.27 bits per heavy atom. The van der Waals surface area contributed by atoms with Crippen LogP contribution in [0, 0.1) is 13.8 Å². The molecule has 0 aliphatic rings. The molecule has 0 aliphatic carbocycles. The van der Waals surface area contributed by atoms with Gasteiger partial charge < -0.3 is 14.4 Å². The van der Waals surface area contributed by atoms with E-state index in [9.17, 15) is 13.6 Å². The number of carbonyl (C=O) groups excluding carboxylic acids is 1. The van der Waals surface area contributed by atoms with Crippen LogP contribution in [0.25, 0.3) is 5.78 Å². The Morgan fingerprint density at radius 3 is 2.73 bits per heavy atom. The normalized spacial score (nSPS) is 11.2. The van der Waals surface area contributed by atoms with Crippen molar-refractivity contribution in [3.05, 3.63) is 47.0 Å². The molecule has 0 fully saturated rings. The third kappa shape index (κ3) is 4.64. The molecule has 10 heteroatoms. The van der Waals surface area contributed by atoms with Crippen molar-refractivity contribution in [2.24, 2.45) is 0 Å². The van der Waals surface area contributed by atoms with Gasteiger partial charge in [-0.05, 0) is 43.5 Å². The van der Waals surface area contributed by atoms with E-state index in [0.717, 1.165) is 22.5 Å². The quantitative estimate of drug-likeness (QED) is 0.558. The fraction of sp³-hybridized carbons (Fsp3) is 0.400. The molecule has 30 heavy (non-hydrogen) atoms. The van der Waals surface area contributed by atoms with Gasteiger partial charge in [0.05, 0.1) is 7.11 Å². The number of ether oxygens (including phenoxy) is 2. The first-order valence-electron chi connectivity index (χ1n) is 9.31. The third-order valence-electron chi connectivity index (χ3n) is 4.87. The summed E-state index contributed by atoms with van der Waals surface area (Å²) in [5.41, 5.74) is 3.43. The highest BCUT2D eigenvalue weighted by Gasteiger charge is 2.16. The highest BCUT2D eigenvalue weighted by atomic mass is 19.3. The fourth-order valence-corrected chi connectivity index (χ4v) is 3.31. The molecule has 0 unspecified atom stereocenters. The van der Waals surface area contributed by atoms with Gasteiger partial charge >= 0.3 is 6.61 Å². The third-order valence-corrected chi connectivity index (χ3v) is 4.87. The van der Waals surface area contributed by atoms with Crippen molar-refractivity contribution < 1.29 is 23.0 Å². The average molecular weight is 419 g/mol. The van der Waals surface area contributed by atoms with E-state index in [4.69, 9.17) is 4.74 Å². The van der Waals surface area contributed by atoms with Crippen LogP contribution < -0.4 is 9.47 Å². The minimum Gasteiger partial charge on any atom is -0.493 e. The lowest BCUT2D eigenvalue weighted by Crippen LogP contribution is -2.26. The molecule has 3 aromatic rings. The van der Waals surface area contributed by atoms with E-state index >= 15 is 0 Å². The minimum atomic E-state index is -2.94. The van der Waals surface area contributed by atoms with Crippen LogP contribution in [0.2, 0.25) is 0 Å². The number of rotatable bonds is 8. The number of aromatic nitrogens is 4. The summed E-state index contributed by atoms with van der Waals surface area (Å²) in [5, 5.41) is 4.16. The molecule has 1 aromatic carbocycles. The van der Waals surface area contributed by atoms with Crippen LogP contribution >= 0.6 is 0 Å². The van der Waals surface area contributed by atoms with Crippen molar-refractivity contribution >= 4 is 11.7 Å². The number of nitrogens with zero attached hydrogens (tertiary/aromatic N) is 5. The van der Waals surface area contributed by atoms with E-state index in [0.29, 0.717) is 25.2 Å². The molecule has 0 saturated heterocycles. The molecule has 1 amide bonds. The van der Waals surface area contributed by atoms with Crippen LogP contribution in [-0.2, 0) is 17.8 Å². The Labute approximate surface area is 172 Å². The van der Waals surface area contributed by atoms with Crippen LogP contribution in [0.5, 0.6) is 11.5 Å². The lowest BCUT2D eigenvalue weighted by Gasteiger charge is -2.19. The molecule has 0 atom stereocenters. The lowest BCUT2D eigenvalue weighted by molar-refractivity contribution is -0.130. The zero-order valence-corrected chi connectivity index (χ0v) is 17.2. The van der Waals surface area contributed by atoms with Gasteiger partial charge in [-0.3, -0.25) is 4.79 Å². The zero-order valence-electron chi connectivity index (χ0n) is 17.2. The number of amides is 1. The molecule has 160 valence electrons. The first-order chi connectivity index (χ1) is 14.3. The summed E-state index contributed by atoms with van der Waals surface area (Å²) in [6.07, 6.45) is 2.27. The Morgan fingerprint density at radius 2 is 2.03 bits per heavy atom. The van der Waals surface area contributed by atoms with E-state index in [2.05, 4.69) is 19.8 Å². The fourth-order valence-electron chi connectivity index (χ4n) is 3.31. The molecule has 0 bridgehead atoms. The van der Waals surface area contributed by atoms with Crippen molar-refractivity contribution in [1.82, 2.24) is 24.5 Å². The second-order valence-corrected chi connectivity index (χ2v) is 6.85. The topological polar surface area (TPSA) is 81.9 Å². The molecular weight excluding hydrogens is 396 g/mol. The van der Waals surface area contributed by atoms with Gasteiger partial charge in [-0.2, -0.15) is 18.9 Å². The highest BCUT2D eigenvalue weighted by molar-refractivity contribution is 5.76. The van der Waals surface area contributed by atoms with Gasteiger partial charge in [-0.25, -0.2) is 9.50 Å². The van der Waals surface area contributed by atoms with Crippen molar-refractivity contribution in [2.45, 2.75) is 39.8 Å². The Bertz CT molecular complexity index is 1050. The maximum atomic E-state index is 12.6. The Kier molecular flexibility index (Phi) is 6.43. The van der Waals surface area contributed by atoms with Crippen molar-refractivity contribution in [3.63, 3.8) is 0 Å². The van der Waals surface area contributed by atoms with Gasteiger partial charge in [0.2, 0.25) is 5.91 Å². The number of hydrogen-bond acceptors (Lipinski definition) is 6. The molecule has 0 spiro atoms. The standard InChI is InChI=1S/C20H23F2N5O3/c1-12-15(13(2)27-20(25-12)23-11-24-27)6-8-18(28)26(3)10-14-5-7-16(30-19(21)22)17(9-14)29-4/h5,7,9,11,19H,6,8,10H2,1-4H3. The highest BCUT2D eigenvalue weighted by Crippen LogP contribution is 2.30. The molecule has 0 aliphatic heterocycles. The average Bonchev–Trinajstić information content (AvgIpc) is 3.16. The van der Waals surface area contributed by atoms with E-state index in [1.165, 1.54) is 19.5 Å². The van der Waals surface area contributed by atoms with Gasteiger partial charge in [-0.15, -0.1) is 0 Å². The van der Waals surface area contributed by atoms with Gasteiger partial charge in [0.25, 0.3) is 5.78 Å². The van der Waals surface area contributed by atoms with Crippen LogP contribution in [-0.4, -0.2) is 51.2 Å². The summed E-state index contributed by atoms with van der Waals surface area (Å²) in [5.74, 6) is 0.615. The van der Waals surface area contributed by atoms with Crippen molar-refractivity contribution in [2.75, 3.05) is 14.2 Å². The lowest BCUT2D eigenvalue weighted by atomic mass is 10.1. The largest absolute Gasteiger partial charge is 0.493 e. The summed E-state index contributed by atoms with van der Waals surface area (Å²) in [4.78, 5) is 22.7. The monoisotopic (exact) mass is 419 g/mol. The molecule has 0 saturated carbocycles. The SMILES string of the molecule is COc1cc(CN(C)C(=O)CCc2c(C)nc3ncnn3c2C)ccc1OC(F)F. The number of methoxy groups -OCH3 is 1. The first-order valence-corrected chi connectivity index (χ1v) is 9.31. The molecule has 2 heterocycles. The van der Waals surface area contributed by atoms with Crippen molar-refractivity contribution in [3.8, 4) is 11.5 Å². The van der Waals surface area contributed by atoms with Crippen LogP contribution in [0.15, 0.2) is 24.5 Å². The number of alkyl halides is 2. The molecule has 0 radical (unpaired) electrons. The van der Waals surface area contributed by atoms with Gasteiger partial charge in [0.1, 0.15) is 6.33 Å². The van der Waals surface area contributed by atoms with Gasteiger partial charge in [0, 0.05) is 31.4 Å². The number of carbonyl (C=O) groups is 1. The number of halogens is 2. The second kappa shape index (κ2) is 9.02. The predicted octanol–water partition coefficient (Wildman–Crippen LogP) is 2.94. The maximum absolute atomic E-state index is 12.6. The maximum Gasteiger partial charge on any atom is 0.387 e. The van der Waals surface area contributed by atoms with Crippen LogP contribution in [0.4, 0.5) is 8.78 Å². The number of aryl methyl sites for hydroxylation is 2. The molecular formula is C20H23F2N5O3. The second-order valence-electron chi connectivity index (χ2n) is 6.85. The van der Waals surface area contributed by atoms with Gasteiger partial charge in [0.15, 0.2) is 11.5 Å². The summed E-state index contributed by atoms with van der Waals surface area (Å²) >= 11 is 0. The Balaban J connectivity index is 1.65. The molecule has 8 nitrogen and oxygen atoms in total. The van der Waals surface area contributed by atoms with E-state index in [1.54, 1.807) is 28.6 Å². The number of hydrogen-bond donors (Lipinski definition) is 0. The summed E-state index contributed by atoms with van der Waals surface area (Å²) < 4.78 is 36.1. The van der Waals surface area contributed by atoms with Gasteiger partial charge in [-0.1, -0.05) is 6.07 Å². The van der Waals surface area contributed by atoms with E-state index in [1.807, 2.05) is 13.8 Å². The summed E-state index contributed by atoms with van der Waals surface area (Å²) in [6.45, 7) is 1.19. The molecule has 3 rings (SSSR count). The smallest absolute Gasteiger partial charge is 0.387 e. The van der Waals surface area contributed by atoms with Crippen molar-refractivity contribution in [1.29, 1.82) is 0 Å². The van der Waals surface area contributed by atoms with Crippen LogP contribution in [0.3, 0.4) is 0 Å². The first kappa shape index (κ1) is 21.4.